The summed E-state index contributed by atoms with van der Waals surface area (Å²) in [6, 6.07) is 0.511. The molecule has 3 N–H and O–H groups in total. The summed E-state index contributed by atoms with van der Waals surface area (Å²) < 4.78 is 0. The van der Waals surface area contributed by atoms with Crippen LogP contribution in [0.5, 0.6) is 0 Å². The summed E-state index contributed by atoms with van der Waals surface area (Å²) in [6.07, 6.45) is 6.37. The lowest BCUT2D eigenvalue weighted by Gasteiger charge is -2.31. The van der Waals surface area contributed by atoms with Crippen LogP contribution in [-0.4, -0.2) is 18.0 Å². The normalized spacial score (nSPS) is 30.9. The highest BCUT2D eigenvalue weighted by Crippen LogP contribution is 2.28. The first-order valence-corrected chi connectivity index (χ1v) is 7.08. The van der Waals surface area contributed by atoms with Crippen molar-refractivity contribution in [1.82, 2.24) is 5.32 Å². The van der Waals surface area contributed by atoms with Crippen LogP contribution in [0.1, 0.15) is 59.3 Å². The van der Waals surface area contributed by atoms with Crippen LogP contribution >= 0.6 is 0 Å². The lowest BCUT2D eigenvalue weighted by Crippen LogP contribution is -2.42. The summed E-state index contributed by atoms with van der Waals surface area (Å²) >= 11 is 0. The lowest BCUT2D eigenvalue weighted by molar-refractivity contribution is -0.127. The Kier molecular flexibility index (Phi) is 5.96. The van der Waals surface area contributed by atoms with Crippen molar-refractivity contribution >= 4 is 5.91 Å². The van der Waals surface area contributed by atoms with E-state index in [9.17, 15) is 4.79 Å². The van der Waals surface area contributed by atoms with Gasteiger partial charge < -0.3 is 11.1 Å². The molecule has 1 amide bonds. The van der Waals surface area contributed by atoms with E-state index in [-0.39, 0.29) is 17.9 Å². The molecule has 0 spiro atoms. The molecule has 1 rings (SSSR count). The second kappa shape index (κ2) is 7.00. The van der Waals surface area contributed by atoms with Crippen molar-refractivity contribution in [2.45, 2.75) is 71.4 Å². The largest absolute Gasteiger partial charge is 0.353 e. The van der Waals surface area contributed by atoms with Crippen molar-refractivity contribution in [2.24, 2.45) is 17.6 Å². The molecule has 4 atom stereocenters. The molecule has 17 heavy (non-hydrogen) atoms. The second-order valence-corrected chi connectivity index (χ2v) is 5.82. The number of amides is 1. The van der Waals surface area contributed by atoms with Crippen molar-refractivity contribution in [1.29, 1.82) is 0 Å². The summed E-state index contributed by atoms with van der Waals surface area (Å²) in [7, 11) is 0. The Morgan fingerprint density at radius 2 is 2.12 bits per heavy atom. The number of carbonyl (C=O) groups is 1. The predicted molar refractivity (Wildman–Crippen MR) is 71.6 cm³/mol. The predicted octanol–water partition coefficient (Wildman–Crippen LogP) is 2.44. The maximum absolute atomic E-state index is 12.1. The van der Waals surface area contributed by atoms with E-state index in [1.54, 1.807) is 0 Å². The van der Waals surface area contributed by atoms with Gasteiger partial charge in [0.1, 0.15) is 0 Å². The Bertz CT molecular complexity index is 232. The molecule has 3 heteroatoms. The number of hydrogen-bond acceptors (Lipinski definition) is 2. The van der Waals surface area contributed by atoms with Gasteiger partial charge in [0, 0.05) is 18.0 Å². The second-order valence-electron chi connectivity index (χ2n) is 5.82. The van der Waals surface area contributed by atoms with E-state index in [1.807, 2.05) is 0 Å². The van der Waals surface area contributed by atoms with Crippen LogP contribution in [0.15, 0.2) is 0 Å². The van der Waals surface area contributed by atoms with Gasteiger partial charge in [-0.05, 0) is 38.5 Å². The van der Waals surface area contributed by atoms with E-state index < -0.39 is 0 Å². The monoisotopic (exact) mass is 240 g/mol. The number of rotatable bonds is 5. The molecule has 0 radical (unpaired) electrons. The molecule has 3 nitrogen and oxygen atoms in total. The van der Waals surface area contributed by atoms with E-state index in [0.29, 0.717) is 12.0 Å². The Hall–Kier alpha value is -0.570. The maximum atomic E-state index is 12.1. The summed E-state index contributed by atoms with van der Waals surface area (Å²) in [6.45, 7) is 6.47. The zero-order valence-corrected chi connectivity index (χ0v) is 11.5. The Morgan fingerprint density at radius 3 is 2.71 bits per heavy atom. The van der Waals surface area contributed by atoms with Gasteiger partial charge in [-0.2, -0.15) is 0 Å². The molecule has 0 saturated heterocycles. The minimum Gasteiger partial charge on any atom is -0.353 e. The minimum atomic E-state index is 0.137. The maximum Gasteiger partial charge on any atom is 0.223 e. The van der Waals surface area contributed by atoms with Crippen molar-refractivity contribution in [2.75, 3.05) is 0 Å². The molecule has 0 heterocycles. The minimum absolute atomic E-state index is 0.137. The van der Waals surface area contributed by atoms with Gasteiger partial charge in [0.15, 0.2) is 0 Å². The average molecular weight is 240 g/mol. The molecule has 4 unspecified atom stereocenters. The molecule has 100 valence electrons. The highest BCUT2D eigenvalue weighted by Gasteiger charge is 2.29. The van der Waals surface area contributed by atoms with E-state index >= 15 is 0 Å². The summed E-state index contributed by atoms with van der Waals surface area (Å²) in [5.74, 6) is 0.939. The zero-order valence-electron chi connectivity index (χ0n) is 11.5. The Morgan fingerprint density at radius 1 is 1.41 bits per heavy atom. The number of hydrogen-bond donors (Lipinski definition) is 2. The van der Waals surface area contributed by atoms with E-state index in [2.05, 4.69) is 26.1 Å². The zero-order chi connectivity index (χ0) is 12.8. The van der Waals surface area contributed by atoms with E-state index in [1.165, 1.54) is 12.8 Å². The van der Waals surface area contributed by atoms with Gasteiger partial charge in [0.25, 0.3) is 0 Å². The van der Waals surface area contributed by atoms with Gasteiger partial charge in [0.2, 0.25) is 5.91 Å². The molecule has 0 aliphatic heterocycles. The fourth-order valence-corrected chi connectivity index (χ4v) is 2.81. The third-order valence-corrected chi connectivity index (χ3v) is 3.73. The standard InChI is InChI=1S/C14H28N2O/c1-4-5-6-11(3)16-14(17)12-7-10(2)8-13(15)9-12/h10-13H,4-9,15H2,1-3H3,(H,16,17). The van der Waals surface area contributed by atoms with Crippen molar-refractivity contribution in [3.63, 3.8) is 0 Å². The quantitative estimate of drug-likeness (QED) is 0.775. The third-order valence-electron chi connectivity index (χ3n) is 3.73. The van der Waals surface area contributed by atoms with Crippen LogP contribution < -0.4 is 11.1 Å². The van der Waals surface area contributed by atoms with Crippen LogP contribution in [0, 0.1) is 11.8 Å². The van der Waals surface area contributed by atoms with Gasteiger partial charge in [-0.1, -0.05) is 26.7 Å². The first-order valence-electron chi connectivity index (χ1n) is 7.08. The van der Waals surface area contributed by atoms with Crippen molar-refractivity contribution in [3.8, 4) is 0 Å². The number of unbranched alkanes of at least 4 members (excludes halogenated alkanes) is 1. The first-order chi connectivity index (χ1) is 8.02. The van der Waals surface area contributed by atoms with Gasteiger partial charge in [-0.15, -0.1) is 0 Å². The Labute approximate surface area is 106 Å². The smallest absolute Gasteiger partial charge is 0.223 e. The molecule has 0 aromatic rings. The number of nitrogens with one attached hydrogen (secondary N) is 1. The molecule has 0 aromatic heterocycles. The molecule has 1 fully saturated rings. The van der Waals surface area contributed by atoms with Gasteiger partial charge in [-0.25, -0.2) is 0 Å². The van der Waals surface area contributed by atoms with Crippen molar-refractivity contribution in [3.05, 3.63) is 0 Å². The van der Waals surface area contributed by atoms with Crippen LogP contribution in [0.3, 0.4) is 0 Å². The lowest BCUT2D eigenvalue weighted by atomic mass is 9.79. The fourth-order valence-electron chi connectivity index (χ4n) is 2.81. The fraction of sp³-hybridized carbons (Fsp3) is 0.929. The SMILES string of the molecule is CCCCC(C)NC(=O)C1CC(C)CC(N)C1. The summed E-state index contributed by atoms with van der Waals surface area (Å²) in [4.78, 5) is 12.1. The molecule has 1 saturated carbocycles. The molecule has 0 aromatic carbocycles. The molecular formula is C14H28N2O. The van der Waals surface area contributed by atoms with Gasteiger partial charge in [0.05, 0.1) is 0 Å². The third kappa shape index (κ3) is 5.07. The van der Waals surface area contributed by atoms with Gasteiger partial charge in [-0.3, -0.25) is 4.79 Å². The first kappa shape index (κ1) is 14.5. The average Bonchev–Trinajstić information content (AvgIpc) is 2.25. The number of nitrogens with two attached hydrogens (primary N) is 1. The van der Waals surface area contributed by atoms with Crippen LogP contribution in [-0.2, 0) is 4.79 Å². The molecular weight excluding hydrogens is 212 g/mol. The van der Waals surface area contributed by atoms with E-state index in [4.69, 9.17) is 5.73 Å². The topological polar surface area (TPSA) is 55.1 Å². The molecule has 0 bridgehead atoms. The number of carbonyl (C=O) groups excluding carboxylic acids is 1. The molecule has 1 aliphatic carbocycles. The Balaban J connectivity index is 2.36. The summed E-state index contributed by atoms with van der Waals surface area (Å²) in [5, 5.41) is 3.13. The van der Waals surface area contributed by atoms with Gasteiger partial charge >= 0.3 is 0 Å². The van der Waals surface area contributed by atoms with Crippen LogP contribution in [0.2, 0.25) is 0 Å². The van der Waals surface area contributed by atoms with Crippen molar-refractivity contribution < 1.29 is 4.79 Å². The van der Waals surface area contributed by atoms with E-state index in [0.717, 1.165) is 25.7 Å². The highest BCUT2D eigenvalue weighted by atomic mass is 16.1. The van der Waals surface area contributed by atoms with Crippen LogP contribution in [0.4, 0.5) is 0 Å². The van der Waals surface area contributed by atoms with Crippen LogP contribution in [0.25, 0.3) is 0 Å². The molecule has 1 aliphatic rings. The highest BCUT2D eigenvalue weighted by molar-refractivity contribution is 5.79. The summed E-state index contributed by atoms with van der Waals surface area (Å²) in [5.41, 5.74) is 5.98.